The molecule has 0 saturated heterocycles. The summed E-state index contributed by atoms with van der Waals surface area (Å²) in [6.07, 6.45) is 5.40. The minimum Gasteiger partial charge on any atom is -0.300 e. The van der Waals surface area contributed by atoms with Crippen molar-refractivity contribution in [3.05, 3.63) is 0 Å². The van der Waals surface area contributed by atoms with Crippen LogP contribution in [0.15, 0.2) is 0 Å². The lowest BCUT2D eigenvalue weighted by molar-refractivity contribution is -0.296. The van der Waals surface area contributed by atoms with E-state index in [1.54, 1.807) is 6.92 Å². The van der Waals surface area contributed by atoms with E-state index in [4.69, 9.17) is 0 Å². The zero-order chi connectivity index (χ0) is 9.22. The first-order valence-corrected chi connectivity index (χ1v) is 5.71. The van der Waals surface area contributed by atoms with Gasteiger partial charge in [0.15, 0.2) is 0 Å². The smallest absolute Gasteiger partial charge is 0.133 e. The maximum atomic E-state index is 11.5. The first-order chi connectivity index (χ1) is 6.21. The van der Waals surface area contributed by atoms with Crippen LogP contribution in [0.5, 0.6) is 0 Å². The third kappa shape index (κ3) is 0.628. The lowest BCUT2D eigenvalue weighted by atomic mass is 9.25. The summed E-state index contributed by atoms with van der Waals surface area (Å²) in [6.45, 7) is 4.09. The summed E-state index contributed by atoms with van der Waals surface area (Å²) in [7, 11) is 0. The van der Waals surface area contributed by atoms with Gasteiger partial charge in [-0.2, -0.15) is 0 Å². The average Bonchev–Trinajstić information content (AvgIpc) is 2.00. The van der Waals surface area contributed by atoms with Crippen molar-refractivity contribution in [3.8, 4) is 0 Å². The molecule has 3 aliphatic rings. The lowest BCUT2D eigenvalue weighted by Gasteiger charge is -2.78. The van der Waals surface area contributed by atoms with Gasteiger partial charge in [-0.3, -0.25) is 4.79 Å². The molecule has 0 aromatic rings. The van der Waals surface area contributed by atoms with E-state index in [1.165, 1.54) is 25.7 Å². The molecule has 0 aromatic heterocycles. The quantitative estimate of drug-likeness (QED) is 0.635. The molecule has 0 N–H and O–H groups in total. The number of hydrogen-bond donors (Lipinski definition) is 0. The van der Waals surface area contributed by atoms with Crippen molar-refractivity contribution < 1.29 is 4.79 Å². The fourth-order valence-electron chi connectivity index (χ4n) is 4.80. The highest BCUT2D eigenvalue weighted by molar-refractivity contribution is 5.81. The Morgan fingerprint density at radius 1 is 1.31 bits per heavy atom. The summed E-state index contributed by atoms with van der Waals surface area (Å²) in [5.74, 6) is 3.74. The van der Waals surface area contributed by atoms with Gasteiger partial charge in [0.25, 0.3) is 0 Å². The summed E-state index contributed by atoms with van der Waals surface area (Å²) >= 11 is 0. The van der Waals surface area contributed by atoms with E-state index in [0.29, 0.717) is 17.1 Å². The van der Waals surface area contributed by atoms with Crippen molar-refractivity contribution in [2.45, 2.75) is 39.5 Å². The number of ketones is 1. The number of hydrogen-bond acceptors (Lipinski definition) is 1. The molecule has 5 atom stereocenters. The normalized spacial score (nSPS) is 56.5. The third-order valence-corrected chi connectivity index (χ3v) is 5.37. The van der Waals surface area contributed by atoms with Gasteiger partial charge in [0.2, 0.25) is 0 Å². The molecule has 0 aromatic carbocycles. The van der Waals surface area contributed by atoms with E-state index in [9.17, 15) is 4.79 Å². The Hall–Kier alpha value is -0.330. The molecule has 13 heavy (non-hydrogen) atoms. The Kier molecular flexibility index (Phi) is 1.35. The largest absolute Gasteiger partial charge is 0.300 e. The fraction of sp³-hybridized carbons (Fsp3) is 0.917. The summed E-state index contributed by atoms with van der Waals surface area (Å²) in [5, 5.41) is 0. The van der Waals surface area contributed by atoms with E-state index in [-0.39, 0.29) is 0 Å². The zero-order valence-electron chi connectivity index (χ0n) is 8.55. The molecule has 72 valence electrons. The van der Waals surface area contributed by atoms with Gasteiger partial charge in [0, 0.05) is 5.92 Å². The molecule has 3 saturated carbocycles. The number of carbonyl (C=O) groups excluding carboxylic acids is 1. The van der Waals surface area contributed by atoms with E-state index in [2.05, 4.69) is 6.92 Å². The van der Waals surface area contributed by atoms with Gasteiger partial charge in [-0.25, -0.2) is 0 Å². The molecule has 1 spiro atoms. The maximum Gasteiger partial charge on any atom is 0.133 e. The molecule has 0 amide bonds. The third-order valence-electron chi connectivity index (χ3n) is 5.37. The molecular weight excluding hydrogens is 160 g/mol. The van der Waals surface area contributed by atoms with Gasteiger partial charge in [-0.1, -0.05) is 13.3 Å². The van der Waals surface area contributed by atoms with Crippen molar-refractivity contribution in [1.82, 2.24) is 0 Å². The van der Waals surface area contributed by atoms with Crippen LogP contribution in [0.1, 0.15) is 39.5 Å². The van der Waals surface area contributed by atoms with Gasteiger partial charge in [-0.15, -0.1) is 0 Å². The predicted molar refractivity (Wildman–Crippen MR) is 51.2 cm³/mol. The highest BCUT2D eigenvalue weighted by Gasteiger charge is 2.75. The molecule has 0 heterocycles. The Balaban J connectivity index is 1.86. The topological polar surface area (TPSA) is 17.1 Å². The molecular formula is C12H18O. The molecule has 0 aliphatic heterocycles. The molecule has 5 unspecified atom stereocenters. The minimum atomic E-state index is 0.468. The minimum absolute atomic E-state index is 0.468. The highest BCUT2D eigenvalue weighted by Crippen LogP contribution is 2.80. The van der Waals surface area contributed by atoms with Gasteiger partial charge < -0.3 is 0 Å². The van der Waals surface area contributed by atoms with Crippen LogP contribution in [0, 0.1) is 29.1 Å². The van der Waals surface area contributed by atoms with Crippen molar-refractivity contribution in [3.63, 3.8) is 0 Å². The van der Waals surface area contributed by atoms with Crippen molar-refractivity contribution in [2.75, 3.05) is 0 Å². The molecule has 3 rings (SSSR count). The molecule has 3 aliphatic carbocycles. The fourth-order valence-corrected chi connectivity index (χ4v) is 4.80. The van der Waals surface area contributed by atoms with Crippen molar-refractivity contribution in [1.29, 1.82) is 0 Å². The summed E-state index contributed by atoms with van der Waals surface area (Å²) in [4.78, 5) is 11.5. The Bertz CT molecular complexity index is 264. The average molecular weight is 178 g/mol. The van der Waals surface area contributed by atoms with Crippen LogP contribution in [0.3, 0.4) is 0 Å². The second-order valence-electron chi connectivity index (χ2n) is 5.37. The zero-order valence-corrected chi connectivity index (χ0v) is 8.55. The summed E-state index contributed by atoms with van der Waals surface area (Å²) in [6, 6.07) is 0. The first kappa shape index (κ1) is 8.02. The number of Topliss-reactive ketones (excluding diaryl/α,β-unsaturated/α-hetero) is 1. The Labute approximate surface area is 79.9 Å². The van der Waals surface area contributed by atoms with E-state index in [1.807, 2.05) is 0 Å². The predicted octanol–water partition coefficient (Wildman–Crippen LogP) is 2.65. The molecule has 1 heteroatoms. The summed E-state index contributed by atoms with van der Waals surface area (Å²) < 4.78 is 0. The second kappa shape index (κ2) is 2.18. The molecule has 3 fully saturated rings. The number of carbonyl (C=O) groups is 1. The Morgan fingerprint density at radius 3 is 2.46 bits per heavy atom. The van der Waals surface area contributed by atoms with Crippen LogP contribution in [0.2, 0.25) is 0 Å². The lowest BCUT2D eigenvalue weighted by Crippen LogP contribution is -2.74. The van der Waals surface area contributed by atoms with Gasteiger partial charge in [0.1, 0.15) is 5.78 Å². The van der Waals surface area contributed by atoms with Gasteiger partial charge in [0.05, 0.1) is 0 Å². The van der Waals surface area contributed by atoms with Crippen molar-refractivity contribution in [2.24, 2.45) is 29.1 Å². The van der Waals surface area contributed by atoms with Crippen LogP contribution in [-0.4, -0.2) is 5.78 Å². The maximum absolute atomic E-state index is 11.5. The van der Waals surface area contributed by atoms with E-state index in [0.717, 1.165) is 17.8 Å². The van der Waals surface area contributed by atoms with Crippen molar-refractivity contribution >= 4 is 5.78 Å². The summed E-state index contributed by atoms with van der Waals surface area (Å²) in [5.41, 5.74) is 0.556. The Morgan fingerprint density at radius 2 is 2.00 bits per heavy atom. The SMILES string of the molecule is CCC1CC2CC3CC(C(C)=O)C123. The highest BCUT2D eigenvalue weighted by atomic mass is 16.1. The van der Waals surface area contributed by atoms with Crippen LogP contribution in [-0.2, 0) is 4.79 Å². The van der Waals surface area contributed by atoms with E-state index < -0.39 is 0 Å². The van der Waals surface area contributed by atoms with E-state index >= 15 is 0 Å². The van der Waals surface area contributed by atoms with Crippen LogP contribution < -0.4 is 0 Å². The monoisotopic (exact) mass is 178 g/mol. The standard InChI is InChI=1S/C12H18O/c1-3-8-4-9-5-10-6-11(7(2)13)12(8,9)10/h8-11H,3-6H2,1-2H3. The molecule has 1 nitrogen and oxygen atoms in total. The van der Waals surface area contributed by atoms with Crippen LogP contribution >= 0.6 is 0 Å². The van der Waals surface area contributed by atoms with Crippen LogP contribution in [0.25, 0.3) is 0 Å². The van der Waals surface area contributed by atoms with Crippen LogP contribution in [0.4, 0.5) is 0 Å². The first-order valence-electron chi connectivity index (χ1n) is 5.71. The number of rotatable bonds is 2. The molecule has 0 radical (unpaired) electrons. The van der Waals surface area contributed by atoms with Gasteiger partial charge >= 0.3 is 0 Å². The molecule has 0 bridgehead atoms. The second-order valence-corrected chi connectivity index (χ2v) is 5.37. The van der Waals surface area contributed by atoms with Gasteiger partial charge in [-0.05, 0) is 49.4 Å².